The molecule has 23 heavy (non-hydrogen) atoms. The van der Waals surface area contributed by atoms with Crippen molar-refractivity contribution in [1.29, 1.82) is 0 Å². The molecule has 0 saturated carbocycles. The number of carbonyl (C=O) groups excluding carboxylic acids is 1. The minimum Gasteiger partial charge on any atom is -0.493 e. The predicted molar refractivity (Wildman–Crippen MR) is 93.2 cm³/mol. The van der Waals surface area contributed by atoms with Gasteiger partial charge in [0.05, 0.1) is 6.61 Å². The Bertz CT molecular complexity index is 534. The molecular weight excluding hydrogens is 288 g/mol. The highest BCUT2D eigenvalue weighted by atomic mass is 16.5. The SMILES string of the molecule is C=CC(=O)Oc1ccc(CCCCCCCCC)c2c1CCO2. The van der Waals surface area contributed by atoms with Crippen molar-refractivity contribution in [3.63, 3.8) is 0 Å². The Morgan fingerprint density at radius 1 is 1.22 bits per heavy atom. The first-order valence-corrected chi connectivity index (χ1v) is 8.88. The molecule has 3 heteroatoms. The highest BCUT2D eigenvalue weighted by molar-refractivity contribution is 5.83. The van der Waals surface area contributed by atoms with E-state index in [0.29, 0.717) is 12.4 Å². The molecule has 0 N–H and O–H groups in total. The summed E-state index contributed by atoms with van der Waals surface area (Å²) < 4.78 is 11.1. The summed E-state index contributed by atoms with van der Waals surface area (Å²) in [6.45, 7) is 6.35. The van der Waals surface area contributed by atoms with Crippen LogP contribution in [0.3, 0.4) is 0 Å². The maximum Gasteiger partial charge on any atom is 0.335 e. The zero-order chi connectivity index (χ0) is 16.5. The lowest BCUT2D eigenvalue weighted by atomic mass is 10.0. The third-order valence-electron chi connectivity index (χ3n) is 4.32. The van der Waals surface area contributed by atoms with Gasteiger partial charge in [-0.15, -0.1) is 0 Å². The number of aryl methyl sites for hydroxylation is 1. The second-order valence-electron chi connectivity index (χ2n) is 6.13. The van der Waals surface area contributed by atoms with Gasteiger partial charge in [0.25, 0.3) is 0 Å². The molecule has 0 fully saturated rings. The van der Waals surface area contributed by atoms with E-state index in [9.17, 15) is 4.79 Å². The largest absolute Gasteiger partial charge is 0.493 e. The molecule has 1 aromatic carbocycles. The van der Waals surface area contributed by atoms with Gasteiger partial charge in [0.1, 0.15) is 11.5 Å². The van der Waals surface area contributed by atoms with Crippen molar-refractivity contribution in [3.05, 3.63) is 35.9 Å². The van der Waals surface area contributed by atoms with Crippen molar-refractivity contribution in [2.45, 2.75) is 64.7 Å². The summed E-state index contributed by atoms with van der Waals surface area (Å²) in [5.41, 5.74) is 2.27. The lowest BCUT2D eigenvalue weighted by Gasteiger charge is -2.11. The molecule has 1 aliphatic heterocycles. The zero-order valence-electron chi connectivity index (χ0n) is 14.2. The first kappa shape index (κ1) is 17.6. The van der Waals surface area contributed by atoms with Crippen LogP contribution in [0, 0.1) is 0 Å². The van der Waals surface area contributed by atoms with Crippen LogP contribution in [0.15, 0.2) is 24.8 Å². The molecule has 0 bridgehead atoms. The van der Waals surface area contributed by atoms with Gasteiger partial charge in [-0.2, -0.15) is 0 Å². The summed E-state index contributed by atoms with van der Waals surface area (Å²) in [5, 5.41) is 0. The van der Waals surface area contributed by atoms with Gasteiger partial charge in [0.2, 0.25) is 0 Å². The monoisotopic (exact) mass is 316 g/mol. The molecule has 0 aromatic heterocycles. The number of fused-ring (bicyclic) bond motifs is 1. The molecule has 0 aliphatic carbocycles. The van der Waals surface area contributed by atoms with E-state index in [0.717, 1.165) is 24.2 Å². The molecule has 0 saturated heterocycles. The van der Waals surface area contributed by atoms with Crippen molar-refractivity contribution in [3.8, 4) is 11.5 Å². The Kier molecular flexibility index (Phi) is 7.18. The van der Waals surface area contributed by atoms with Gasteiger partial charge in [-0.1, -0.05) is 58.1 Å². The average Bonchev–Trinajstić information content (AvgIpc) is 3.05. The van der Waals surface area contributed by atoms with Gasteiger partial charge < -0.3 is 9.47 Å². The van der Waals surface area contributed by atoms with E-state index in [2.05, 4.69) is 13.5 Å². The Labute approximate surface area is 139 Å². The van der Waals surface area contributed by atoms with E-state index in [-0.39, 0.29) is 0 Å². The van der Waals surface area contributed by atoms with Crippen LogP contribution < -0.4 is 9.47 Å². The average molecular weight is 316 g/mol. The number of carbonyl (C=O) groups is 1. The van der Waals surface area contributed by atoms with Crippen molar-refractivity contribution >= 4 is 5.97 Å². The first-order chi connectivity index (χ1) is 11.3. The molecule has 1 heterocycles. The van der Waals surface area contributed by atoms with Crippen LogP contribution in [0.2, 0.25) is 0 Å². The van der Waals surface area contributed by atoms with Gasteiger partial charge in [0.15, 0.2) is 0 Å². The fourth-order valence-corrected chi connectivity index (χ4v) is 3.05. The van der Waals surface area contributed by atoms with Crippen LogP contribution in [-0.2, 0) is 17.6 Å². The molecule has 0 unspecified atom stereocenters. The van der Waals surface area contributed by atoms with Crippen LogP contribution >= 0.6 is 0 Å². The molecule has 3 nitrogen and oxygen atoms in total. The molecule has 2 rings (SSSR count). The fraction of sp³-hybridized carbons (Fsp3) is 0.550. The lowest BCUT2D eigenvalue weighted by Crippen LogP contribution is -2.05. The van der Waals surface area contributed by atoms with Crippen molar-refractivity contribution in [2.75, 3.05) is 6.61 Å². The zero-order valence-corrected chi connectivity index (χ0v) is 14.2. The fourth-order valence-electron chi connectivity index (χ4n) is 3.05. The third kappa shape index (κ3) is 5.12. The van der Waals surface area contributed by atoms with Gasteiger partial charge in [-0.05, 0) is 24.5 Å². The van der Waals surface area contributed by atoms with Crippen LogP contribution in [0.25, 0.3) is 0 Å². The maximum atomic E-state index is 11.4. The van der Waals surface area contributed by atoms with Crippen LogP contribution in [0.5, 0.6) is 11.5 Å². The van der Waals surface area contributed by atoms with Crippen molar-refractivity contribution in [1.82, 2.24) is 0 Å². The highest BCUT2D eigenvalue weighted by Gasteiger charge is 2.21. The number of ether oxygens (including phenoxy) is 2. The number of unbranched alkanes of at least 4 members (excludes halogenated alkanes) is 6. The smallest absolute Gasteiger partial charge is 0.335 e. The standard InChI is InChI=1S/C20H28O3/c1-3-5-6-7-8-9-10-11-16-12-13-18(23-19(21)4-2)17-14-15-22-20(16)17/h4,12-13H,2-3,5-11,14-15H2,1H3. The van der Waals surface area contributed by atoms with Crippen molar-refractivity contribution < 1.29 is 14.3 Å². The first-order valence-electron chi connectivity index (χ1n) is 8.88. The molecule has 0 amide bonds. The number of hydrogen-bond donors (Lipinski definition) is 0. The molecular formula is C20H28O3. The summed E-state index contributed by atoms with van der Waals surface area (Å²) in [5.74, 6) is 1.13. The van der Waals surface area contributed by atoms with Crippen molar-refractivity contribution in [2.24, 2.45) is 0 Å². The molecule has 126 valence electrons. The van der Waals surface area contributed by atoms with E-state index in [4.69, 9.17) is 9.47 Å². The summed E-state index contributed by atoms with van der Waals surface area (Å²) in [7, 11) is 0. The summed E-state index contributed by atoms with van der Waals surface area (Å²) >= 11 is 0. The normalized spacial score (nSPS) is 12.6. The number of rotatable bonds is 10. The summed E-state index contributed by atoms with van der Waals surface area (Å²) in [4.78, 5) is 11.4. The Hall–Kier alpha value is -1.77. The summed E-state index contributed by atoms with van der Waals surface area (Å²) in [6, 6.07) is 3.93. The third-order valence-corrected chi connectivity index (χ3v) is 4.32. The van der Waals surface area contributed by atoms with E-state index in [1.165, 1.54) is 56.6 Å². The van der Waals surface area contributed by atoms with E-state index in [1.807, 2.05) is 12.1 Å². The molecule has 0 spiro atoms. The van der Waals surface area contributed by atoms with Crippen LogP contribution in [0.1, 0.15) is 63.0 Å². The quantitative estimate of drug-likeness (QED) is 0.263. The summed E-state index contributed by atoms with van der Waals surface area (Å²) in [6.07, 6.45) is 12.2. The van der Waals surface area contributed by atoms with E-state index >= 15 is 0 Å². The predicted octanol–water partition coefficient (Wildman–Crippen LogP) is 5.01. The van der Waals surface area contributed by atoms with E-state index in [1.54, 1.807) is 0 Å². The van der Waals surface area contributed by atoms with Gasteiger partial charge in [-0.25, -0.2) is 4.79 Å². The van der Waals surface area contributed by atoms with Gasteiger partial charge in [-0.3, -0.25) is 0 Å². The molecule has 0 radical (unpaired) electrons. The second-order valence-corrected chi connectivity index (χ2v) is 6.13. The lowest BCUT2D eigenvalue weighted by molar-refractivity contribution is -0.129. The topological polar surface area (TPSA) is 35.5 Å². The van der Waals surface area contributed by atoms with E-state index < -0.39 is 5.97 Å². The maximum absolute atomic E-state index is 11.4. The minimum atomic E-state index is -0.418. The molecule has 0 atom stereocenters. The second kappa shape index (κ2) is 9.39. The molecule has 1 aromatic rings. The van der Waals surface area contributed by atoms with Gasteiger partial charge >= 0.3 is 5.97 Å². The number of benzene rings is 1. The Balaban J connectivity index is 1.87. The Morgan fingerprint density at radius 2 is 1.96 bits per heavy atom. The highest BCUT2D eigenvalue weighted by Crippen LogP contribution is 2.37. The number of hydrogen-bond acceptors (Lipinski definition) is 3. The van der Waals surface area contributed by atoms with Crippen LogP contribution in [0.4, 0.5) is 0 Å². The number of esters is 1. The molecule has 1 aliphatic rings. The Morgan fingerprint density at radius 3 is 2.70 bits per heavy atom. The van der Waals surface area contributed by atoms with Gasteiger partial charge in [0, 0.05) is 18.1 Å². The van der Waals surface area contributed by atoms with Crippen LogP contribution in [-0.4, -0.2) is 12.6 Å². The minimum absolute atomic E-state index is 0.418.